The fourth-order valence-corrected chi connectivity index (χ4v) is 3.42. The molecule has 0 unspecified atom stereocenters. The van der Waals surface area contributed by atoms with Crippen molar-refractivity contribution in [3.63, 3.8) is 0 Å². The zero-order valence-corrected chi connectivity index (χ0v) is 20.7. The maximum absolute atomic E-state index is 13.0. The first-order valence-electron chi connectivity index (χ1n) is 11.2. The van der Waals surface area contributed by atoms with Crippen molar-refractivity contribution in [3.8, 4) is 5.75 Å². The van der Waals surface area contributed by atoms with Crippen LogP contribution < -0.4 is 26.8 Å². The Labute approximate surface area is 204 Å². The third-order valence-corrected chi connectivity index (χ3v) is 5.45. The summed E-state index contributed by atoms with van der Waals surface area (Å²) in [5.74, 6) is -3.49. The molecular weight excluding hydrogens is 464 g/mol. The number of hydrogen-bond acceptors (Lipinski definition) is 6. The molecular formula is C23H35ClN4O6. The highest BCUT2D eigenvalue weighted by molar-refractivity contribution is 6.30. The van der Waals surface area contributed by atoms with Crippen LogP contribution in [-0.4, -0.2) is 53.5 Å². The predicted octanol–water partition coefficient (Wildman–Crippen LogP) is 1.68. The zero-order chi connectivity index (χ0) is 26.0. The summed E-state index contributed by atoms with van der Waals surface area (Å²) in [6.07, 6.45) is 0.686. The standard InChI is InChI=1S/C23H35ClN4O6/c1-5-13(4)20(23(32)33)28-22(31)17(10-19(26)29)27-21(30)16-7-6-14(24)9-18(16)34-11-15(25)8-12(2)3/h6-7,9,12-13,15,17,20H,5,8,10-11,25H2,1-4H3,(H2,26,29)(H,27,30)(H,28,31)(H,32,33)/t13-,15+,17-,20-/m0/s1. The number of nitrogens with one attached hydrogen (secondary N) is 2. The van der Waals surface area contributed by atoms with E-state index in [1.165, 1.54) is 18.2 Å². The van der Waals surface area contributed by atoms with Crippen molar-refractivity contribution in [1.29, 1.82) is 0 Å². The van der Waals surface area contributed by atoms with Gasteiger partial charge in [0.2, 0.25) is 11.8 Å². The Kier molecular flexibility index (Phi) is 11.8. The number of benzene rings is 1. The lowest BCUT2D eigenvalue weighted by Crippen LogP contribution is -2.54. The first-order valence-corrected chi connectivity index (χ1v) is 11.5. The van der Waals surface area contributed by atoms with Crippen LogP contribution >= 0.6 is 11.6 Å². The monoisotopic (exact) mass is 498 g/mol. The zero-order valence-electron chi connectivity index (χ0n) is 20.0. The number of halogens is 1. The molecule has 0 fully saturated rings. The summed E-state index contributed by atoms with van der Waals surface area (Å²) < 4.78 is 5.73. The van der Waals surface area contributed by atoms with Crippen molar-refractivity contribution >= 4 is 35.3 Å². The van der Waals surface area contributed by atoms with Gasteiger partial charge in [-0.2, -0.15) is 0 Å². The Bertz CT molecular complexity index is 879. The van der Waals surface area contributed by atoms with Gasteiger partial charge >= 0.3 is 5.97 Å². The Morgan fingerprint density at radius 2 is 1.79 bits per heavy atom. The van der Waals surface area contributed by atoms with Crippen molar-refractivity contribution in [3.05, 3.63) is 28.8 Å². The summed E-state index contributed by atoms with van der Waals surface area (Å²) in [5, 5.41) is 14.6. The second-order valence-electron chi connectivity index (χ2n) is 8.75. The second-order valence-corrected chi connectivity index (χ2v) is 9.18. The number of rotatable bonds is 14. The number of ether oxygens (including phenoxy) is 1. The molecule has 0 aliphatic rings. The van der Waals surface area contributed by atoms with Crippen molar-refractivity contribution in [2.45, 2.75) is 65.1 Å². The van der Waals surface area contributed by atoms with Crippen LogP contribution in [0.3, 0.4) is 0 Å². The maximum atomic E-state index is 13.0. The normalized spacial score (nSPS) is 14.6. The fraction of sp³-hybridized carbons (Fsp3) is 0.565. The lowest BCUT2D eigenvalue weighted by molar-refractivity contribution is -0.143. The molecule has 34 heavy (non-hydrogen) atoms. The van der Waals surface area contributed by atoms with Gasteiger partial charge in [0.15, 0.2) is 0 Å². The molecule has 4 atom stereocenters. The van der Waals surface area contributed by atoms with Gasteiger partial charge in [-0.1, -0.05) is 45.7 Å². The summed E-state index contributed by atoms with van der Waals surface area (Å²) in [7, 11) is 0. The van der Waals surface area contributed by atoms with Crippen LogP contribution in [0.15, 0.2) is 18.2 Å². The fourth-order valence-electron chi connectivity index (χ4n) is 3.26. The minimum atomic E-state index is -1.39. The van der Waals surface area contributed by atoms with Crippen LogP contribution in [0.2, 0.25) is 5.02 Å². The van der Waals surface area contributed by atoms with Gasteiger partial charge in [-0.3, -0.25) is 14.4 Å². The molecule has 0 saturated heterocycles. The van der Waals surface area contributed by atoms with E-state index >= 15 is 0 Å². The largest absolute Gasteiger partial charge is 0.491 e. The molecule has 7 N–H and O–H groups in total. The van der Waals surface area contributed by atoms with Crippen LogP contribution in [0.1, 0.15) is 57.3 Å². The molecule has 0 spiro atoms. The molecule has 0 aromatic heterocycles. The van der Waals surface area contributed by atoms with Crippen LogP contribution in [0.4, 0.5) is 0 Å². The minimum Gasteiger partial charge on any atom is -0.491 e. The van der Waals surface area contributed by atoms with Crippen LogP contribution in [0.5, 0.6) is 5.75 Å². The molecule has 0 heterocycles. The van der Waals surface area contributed by atoms with E-state index in [-0.39, 0.29) is 29.9 Å². The van der Waals surface area contributed by atoms with Gasteiger partial charge in [-0.05, 0) is 36.5 Å². The lowest BCUT2D eigenvalue weighted by atomic mass is 9.98. The molecule has 190 valence electrons. The molecule has 1 aromatic carbocycles. The summed E-state index contributed by atoms with van der Waals surface area (Å²) in [6.45, 7) is 7.64. The van der Waals surface area contributed by atoms with E-state index in [4.69, 9.17) is 27.8 Å². The average molecular weight is 499 g/mol. The highest BCUT2D eigenvalue weighted by Gasteiger charge is 2.31. The lowest BCUT2D eigenvalue weighted by Gasteiger charge is -2.24. The minimum absolute atomic E-state index is 0.0696. The Morgan fingerprint density at radius 1 is 1.15 bits per heavy atom. The first kappa shape index (κ1) is 29.2. The van der Waals surface area contributed by atoms with Gasteiger partial charge in [-0.15, -0.1) is 0 Å². The van der Waals surface area contributed by atoms with Crippen LogP contribution in [0.25, 0.3) is 0 Å². The van der Waals surface area contributed by atoms with E-state index in [1.54, 1.807) is 13.8 Å². The number of nitrogens with two attached hydrogens (primary N) is 2. The summed E-state index contributed by atoms with van der Waals surface area (Å²) in [4.78, 5) is 48.9. The summed E-state index contributed by atoms with van der Waals surface area (Å²) >= 11 is 6.05. The molecule has 0 radical (unpaired) electrons. The molecule has 1 aromatic rings. The number of amides is 3. The maximum Gasteiger partial charge on any atom is 0.326 e. The smallest absolute Gasteiger partial charge is 0.326 e. The summed E-state index contributed by atoms with van der Waals surface area (Å²) in [5.41, 5.74) is 11.4. The van der Waals surface area contributed by atoms with Crippen molar-refractivity contribution < 1.29 is 29.0 Å². The van der Waals surface area contributed by atoms with Crippen molar-refractivity contribution in [2.75, 3.05) is 6.61 Å². The van der Waals surface area contributed by atoms with Crippen LogP contribution in [-0.2, 0) is 14.4 Å². The van der Waals surface area contributed by atoms with E-state index < -0.39 is 42.2 Å². The quantitative estimate of drug-likeness (QED) is 0.259. The highest BCUT2D eigenvalue weighted by atomic mass is 35.5. The number of carbonyl (C=O) groups is 4. The Hall–Kier alpha value is -2.85. The van der Waals surface area contributed by atoms with E-state index in [1.807, 2.05) is 13.8 Å². The number of carboxylic acid groups (broad SMARTS) is 1. The third kappa shape index (κ3) is 9.56. The second kappa shape index (κ2) is 13.8. The molecule has 11 heteroatoms. The molecule has 0 aliphatic heterocycles. The van der Waals surface area contributed by atoms with Crippen molar-refractivity contribution in [2.24, 2.45) is 23.3 Å². The highest BCUT2D eigenvalue weighted by Crippen LogP contribution is 2.24. The molecule has 0 bridgehead atoms. The molecule has 0 saturated carbocycles. The molecule has 10 nitrogen and oxygen atoms in total. The van der Waals surface area contributed by atoms with Gasteiger partial charge in [0, 0.05) is 11.1 Å². The third-order valence-electron chi connectivity index (χ3n) is 5.22. The van der Waals surface area contributed by atoms with E-state index in [0.717, 1.165) is 0 Å². The summed E-state index contributed by atoms with van der Waals surface area (Å²) in [6, 6.07) is 1.50. The first-order chi connectivity index (χ1) is 15.8. The van der Waals surface area contributed by atoms with Gasteiger partial charge < -0.3 is 31.9 Å². The molecule has 1 rings (SSSR count). The van der Waals surface area contributed by atoms with Crippen molar-refractivity contribution in [1.82, 2.24) is 10.6 Å². The van der Waals surface area contributed by atoms with Gasteiger partial charge in [-0.25, -0.2) is 4.79 Å². The van der Waals surface area contributed by atoms with Gasteiger partial charge in [0.05, 0.1) is 12.0 Å². The van der Waals surface area contributed by atoms with Crippen LogP contribution in [0, 0.1) is 11.8 Å². The Morgan fingerprint density at radius 3 is 2.32 bits per heavy atom. The SMILES string of the molecule is CC[C@H](C)[C@H](NC(=O)[C@H](CC(N)=O)NC(=O)c1ccc(Cl)cc1OC[C@H](N)CC(C)C)C(=O)O. The number of hydrogen-bond donors (Lipinski definition) is 5. The number of carbonyl (C=O) groups excluding carboxylic acids is 3. The van der Waals surface area contributed by atoms with E-state index in [0.29, 0.717) is 23.8 Å². The van der Waals surface area contributed by atoms with E-state index in [2.05, 4.69) is 10.6 Å². The van der Waals surface area contributed by atoms with E-state index in [9.17, 15) is 24.3 Å². The van der Waals surface area contributed by atoms with Gasteiger partial charge in [0.25, 0.3) is 5.91 Å². The topological polar surface area (TPSA) is 174 Å². The number of primary amides is 1. The van der Waals surface area contributed by atoms with Gasteiger partial charge in [0.1, 0.15) is 24.4 Å². The Balaban J connectivity index is 3.08. The number of carboxylic acids is 1. The average Bonchev–Trinajstić information content (AvgIpc) is 2.73. The predicted molar refractivity (Wildman–Crippen MR) is 128 cm³/mol. The number of aliphatic carboxylic acids is 1. The molecule has 3 amide bonds. The molecule has 0 aliphatic carbocycles.